The van der Waals surface area contributed by atoms with Gasteiger partial charge in [-0.3, -0.25) is 4.79 Å². The Kier molecular flexibility index (Phi) is 4.61. The van der Waals surface area contributed by atoms with Gasteiger partial charge in [0, 0.05) is 12.6 Å². The predicted octanol–water partition coefficient (Wildman–Crippen LogP) is 2.53. The summed E-state index contributed by atoms with van der Waals surface area (Å²) in [6.45, 7) is 0.335. The number of carboxylic acids is 1. The van der Waals surface area contributed by atoms with Crippen molar-refractivity contribution in [2.24, 2.45) is 0 Å². The second-order valence-corrected chi connectivity index (χ2v) is 5.75. The fourth-order valence-electron chi connectivity index (χ4n) is 3.18. The lowest BCUT2D eigenvalue weighted by atomic mass is 9.92. The molecule has 0 bridgehead atoms. The maximum absolute atomic E-state index is 13.0. The van der Waals surface area contributed by atoms with Crippen molar-refractivity contribution in [3.05, 3.63) is 59.2 Å². The van der Waals surface area contributed by atoms with Crippen molar-refractivity contribution in [3.63, 3.8) is 0 Å². The Morgan fingerprint density at radius 1 is 1.12 bits per heavy atom. The van der Waals surface area contributed by atoms with Gasteiger partial charge in [-0.15, -0.1) is 0 Å². The van der Waals surface area contributed by atoms with Crippen LogP contribution in [-0.4, -0.2) is 42.6 Å². The zero-order valence-electron chi connectivity index (χ0n) is 14.1. The number of fused-ring (bicyclic) bond motifs is 1. The van der Waals surface area contributed by atoms with Gasteiger partial charge < -0.3 is 19.5 Å². The average molecular weight is 341 g/mol. The lowest BCUT2D eigenvalue weighted by Crippen LogP contribution is -2.43. The minimum atomic E-state index is -1.05. The SMILES string of the molecule is COc1ccc(C(=O)N2CCc3ccccc3C2C(=O)O)c(OC)c1. The molecule has 1 aliphatic rings. The van der Waals surface area contributed by atoms with Crippen molar-refractivity contribution < 1.29 is 24.2 Å². The third-order valence-electron chi connectivity index (χ3n) is 4.42. The summed E-state index contributed by atoms with van der Waals surface area (Å²) in [5.41, 5.74) is 1.93. The highest BCUT2D eigenvalue weighted by Gasteiger charge is 2.36. The normalized spacial score (nSPS) is 16.1. The molecule has 1 aliphatic heterocycles. The van der Waals surface area contributed by atoms with E-state index in [-0.39, 0.29) is 5.91 Å². The number of hydrogen-bond acceptors (Lipinski definition) is 4. The first-order chi connectivity index (χ1) is 12.1. The topological polar surface area (TPSA) is 76.1 Å². The fourth-order valence-corrected chi connectivity index (χ4v) is 3.18. The molecule has 0 saturated carbocycles. The van der Waals surface area contributed by atoms with E-state index in [9.17, 15) is 14.7 Å². The first kappa shape index (κ1) is 16.8. The summed E-state index contributed by atoms with van der Waals surface area (Å²) in [6.07, 6.45) is 0.615. The number of amides is 1. The zero-order valence-corrected chi connectivity index (χ0v) is 14.1. The van der Waals surface area contributed by atoms with Gasteiger partial charge >= 0.3 is 5.97 Å². The highest BCUT2D eigenvalue weighted by molar-refractivity contribution is 5.99. The Morgan fingerprint density at radius 3 is 2.56 bits per heavy atom. The number of aliphatic carboxylic acids is 1. The molecule has 0 spiro atoms. The van der Waals surface area contributed by atoms with Gasteiger partial charge in [0.1, 0.15) is 11.5 Å². The van der Waals surface area contributed by atoms with E-state index in [0.717, 1.165) is 5.56 Å². The monoisotopic (exact) mass is 341 g/mol. The molecule has 0 saturated heterocycles. The molecule has 0 radical (unpaired) electrons. The van der Waals surface area contributed by atoms with Crippen molar-refractivity contribution in [1.29, 1.82) is 0 Å². The van der Waals surface area contributed by atoms with E-state index in [1.54, 1.807) is 30.3 Å². The lowest BCUT2D eigenvalue weighted by molar-refractivity contribution is -0.143. The second kappa shape index (κ2) is 6.84. The maximum Gasteiger partial charge on any atom is 0.331 e. The van der Waals surface area contributed by atoms with Crippen LogP contribution in [0.2, 0.25) is 0 Å². The van der Waals surface area contributed by atoms with E-state index in [4.69, 9.17) is 9.47 Å². The molecule has 0 aliphatic carbocycles. The van der Waals surface area contributed by atoms with Crippen LogP contribution < -0.4 is 9.47 Å². The van der Waals surface area contributed by atoms with Gasteiger partial charge in [-0.05, 0) is 29.7 Å². The largest absolute Gasteiger partial charge is 0.497 e. The van der Waals surface area contributed by atoms with E-state index in [1.165, 1.54) is 19.1 Å². The van der Waals surface area contributed by atoms with Crippen LogP contribution in [0.25, 0.3) is 0 Å². The maximum atomic E-state index is 13.0. The summed E-state index contributed by atoms with van der Waals surface area (Å²) in [6, 6.07) is 11.2. The van der Waals surface area contributed by atoms with Gasteiger partial charge in [-0.2, -0.15) is 0 Å². The molecule has 0 aromatic heterocycles. The Bertz CT molecular complexity index is 817. The molecule has 1 amide bonds. The number of ether oxygens (including phenoxy) is 2. The van der Waals surface area contributed by atoms with Gasteiger partial charge in [0.25, 0.3) is 5.91 Å². The van der Waals surface area contributed by atoms with Crippen molar-refractivity contribution in [2.75, 3.05) is 20.8 Å². The minimum Gasteiger partial charge on any atom is -0.497 e. The highest BCUT2D eigenvalue weighted by Crippen LogP contribution is 2.33. The summed E-state index contributed by atoms with van der Waals surface area (Å²) in [5, 5.41) is 9.71. The number of rotatable bonds is 4. The molecule has 0 fully saturated rings. The van der Waals surface area contributed by atoms with Crippen LogP contribution in [0, 0.1) is 0 Å². The Labute approximate surface area is 145 Å². The second-order valence-electron chi connectivity index (χ2n) is 5.75. The molecular formula is C19H19NO5. The van der Waals surface area contributed by atoms with Crippen LogP contribution in [0.4, 0.5) is 0 Å². The molecular weight excluding hydrogens is 322 g/mol. The molecule has 1 N–H and O–H groups in total. The molecule has 25 heavy (non-hydrogen) atoms. The number of nitrogens with zero attached hydrogens (tertiary/aromatic N) is 1. The molecule has 1 unspecified atom stereocenters. The number of hydrogen-bond donors (Lipinski definition) is 1. The molecule has 6 nitrogen and oxygen atoms in total. The van der Waals surface area contributed by atoms with Crippen molar-refractivity contribution >= 4 is 11.9 Å². The van der Waals surface area contributed by atoms with Crippen LogP contribution in [0.5, 0.6) is 11.5 Å². The van der Waals surface area contributed by atoms with Crippen LogP contribution in [0.1, 0.15) is 27.5 Å². The van der Waals surface area contributed by atoms with E-state index >= 15 is 0 Å². The van der Waals surface area contributed by atoms with Crippen molar-refractivity contribution in [1.82, 2.24) is 4.90 Å². The van der Waals surface area contributed by atoms with Gasteiger partial charge in [0.2, 0.25) is 0 Å². The van der Waals surface area contributed by atoms with Crippen LogP contribution >= 0.6 is 0 Å². The first-order valence-corrected chi connectivity index (χ1v) is 7.90. The molecule has 6 heteroatoms. The minimum absolute atomic E-state index is 0.314. The standard InChI is InChI=1S/C19H19NO5/c1-24-13-7-8-15(16(11-13)25-2)18(21)20-10-9-12-5-3-4-6-14(12)17(20)19(22)23/h3-8,11,17H,9-10H2,1-2H3,(H,22,23). The molecule has 1 heterocycles. The number of carboxylic acid groups (broad SMARTS) is 1. The molecule has 1 atom stereocenters. The van der Waals surface area contributed by atoms with Crippen LogP contribution in [0.15, 0.2) is 42.5 Å². The summed E-state index contributed by atoms with van der Waals surface area (Å²) in [5.74, 6) is -0.506. The predicted molar refractivity (Wildman–Crippen MR) is 91.1 cm³/mol. The van der Waals surface area contributed by atoms with Crippen molar-refractivity contribution in [3.8, 4) is 11.5 Å². The van der Waals surface area contributed by atoms with Gasteiger partial charge in [0.05, 0.1) is 19.8 Å². The Balaban J connectivity index is 2.01. The molecule has 3 rings (SSSR count). The number of methoxy groups -OCH3 is 2. The number of carbonyl (C=O) groups is 2. The number of carbonyl (C=O) groups excluding carboxylic acids is 1. The quantitative estimate of drug-likeness (QED) is 0.925. The lowest BCUT2D eigenvalue weighted by Gasteiger charge is -2.35. The summed E-state index contributed by atoms with van der Waals surface area (Å²) in [7, 11) is 2.99. The van der Waals surface area contributed by atoms with Crippen LogP contribution in [0.3, 0.4) is 0 Å². The molecule has 2 aromatic rings. The third-order valence-corrected chi connectivity index (χ3v) is 4.42. The van der Waals surface area contributed by atoms with Gasteiger partial charge in [-0.25, -0.2) is 4.79 Å². The van der Waals surface area contributed by atoms with Gasteiger partial charge in [0.15, 0.2) is 6.04 Å². The summed E-state index contributed by atoms with van der Waals surface area (Å²) >= 11 is 0. The van der Waals surface area contributed by atoms with Crippen LogP contribution in [-0.2, 0) is 11.2 Å². The molecule has 130 valence electrons. The average Bonchev–Trinajstić information content (AvgIpc) is 2.65. The van der Waals surface area contributed by atoms with E-state index in [1.807, 2.05) is 12.1 Å². The fraction of sp³-hybridized carbons (Fsp3) is 0.263. The van der Waals surface area contributed by atoms with E-state index in [0.29, 0.717) is 35.6 Å². The number of benzene rings is 2. The smallest absolute Gasteiger partial charge is 0.331 e. The third kappa shape index (κ3) is 3.03. The Hall–Kier alpha value is -3.02. The van der Waals surface area contributed by atoms with E-state index in [2.05, 4.69) is 0 Å². The van der Waals surface area contributed by atoms with E-state index < -0.39 is 12.0 Å². The summed E-state index contributed by atoms with van der Waals surface area (Å²) < 4.78 is 10.4. The molecule has 2 aromatic carbocycles. The highest BCUT2D eigenvalue weighted by atomic mass is 16.5. The summed E-state index contributed by atoms with van der Waals surface area (Å²) in [4.78, 5) is 26.3. The zero-order chi connectivity index (χ0) is 18.0. The van der Waals surface area contributed by atoms with Gasteiger partial charge in [-0.1, -0.05) is 24.3 Å². The van der Waals surface area contributed by atoms with Crippen molar-refractivity contribution in [2.45, 2.75) is 12.5 Å². The Morgan fingerprint density at radius 2 is 1.88 bits per heavy atom. The first-order valence-electron chi connectivity index (χ1n) is 7.90.